The number of aryl methyl sites for hydroxylation is 1. The fourth-order valence-corrected chi connectivity index (χ4v) is 2.48. The Labute approximate surface area is 148 Å². The molecule has 1 amide bonds. The first kappa shape index (κ1) is 17.1. The molecule has 1 N–H and O–H groups in total. The van der Waals surface area contributed by atoms with Gasteiger partial charge in [0.05, 0.1) is 12.7 Å². The van der Waals surface area contributed by atoms with Gasteiger partial charge in [-0.1, -0.05) is 17.7 Å². The number of aromatic nitrogens is 5. The summed E-state index contributed by atoms with van der Waals surface area (Å²) in [6, 6.07) is 3.95. The van der Waals surface area contributed by atoms with Crippen LogP contribution in [0.4, 0.5) is 10.3 Å². The maximum atomic E-state index is 13.8. The van der Waals surface area contributed by atoms with E-state index in [0.717, 1.165) is 5.56 Å². The Balaban J connectivity index is 1.68. The Kier molecular flexibility index (Phi) is 4.80. The second-order valence-electron chi connectivity index (χ2n) is 5.63. The summed E-state index contributed by atoms with van der Waals surface area (Å²) >= 11 is 6.00. The number of carbonyl (C=O) groups excluding carboxylic acids is 1. The molecule has 25 heavy (non-hydrogen) atoms. The number of carbonyl (C=O) groups is 1. The average molecular weight is 363 g/mol. The van der Waals surface area contributed by atoms with E-state index < -0.39 is 11.9 Å². The van der Waals surface area contributed by atoms with Gasteiger partial charge in [-0.25, -0.2) is 14.1 Å². The molecule has 2 heterocycles. The molecule has 0 aliphatic rings. The zero-order valence-electron chi connectivity index (χ0n) is 13.6. The van der Waals surface area contributed by atoms with Gasteiger partial charge < -0.3 is 0 Å². The van der Waals surface area contributed by atoms with E-state index in [1.165, 1.54) is 23.1 Å². The van der Waals surface area contributed by atoms with Gasteiger partial charge in [-0.3, -0.25) is 14.8 Å². The fourth-order valence-electron chi connectivity index (χ4n) is 2.25. The zero-order valence-corrected chi connectivity index (χ0v) is 14.4. The predicted octanol–water partition coefficient (Wildman–Crippen LogP) is 2.82. The number of hydrogen-bond donors (Lipinski definition) is 1. The molecule has 0 saturated carbocycles. The zero-order chi connectivity index (χ0) is 18.0. The molecule has 0 aliphatic carbocycles. The number of rotatable bonds is 5. The molecular formula is C16H16ClFN6O. The molecule has 130 valence electrons. The lowest BCUT2D eigenvalue weighted by Gasteiger charge is -2.10. The van der Waals surface area contributed by atoms with E-state index >= 15 is 0 Å². The van der Waals surface area contributed by atoms with Crippen LogP contribution in [0.2, 0.25) is 5.02 Å². The summed E-state index contributed by atoms with van der Waals surface area (Å²) in [7, 11) is 0. The van der Waals surface area contributed by atoms with E-state index in [4.69, 9.17) is 11.6 Å². The lowest BCUT2D eigenvalue weighted by Crippen LogP contribution is -2.24. The largest absolute Gasteiger partial charge is 0.291 e. The van der Waals surface area contributed by atoms with Crippen molar-refractivity contribution >= 4 is 23.5 Å². The molecule has 3 rings (SSSR count). The molecule has 0 aliphatic heterocycles. The van der Waals surface area contributed by atoms with Crippen molar-refractivity contribution in [1.82, 2.24) is 24.5 Å². The molecule has 0 spiro atoms. The quantitative estimate of drug-likeness (QED) is 0.757. The summed E-state index contributed by atoms with van der Waals surface area (Å²) in [5.41, 5.74) is 1.27. The maximum Gasteiger partial charge on any atom is 0.251 e. The molecule has 0 bridgehead atoms. The number of nitrogens with zero attached hydrogens (tertiary/aromatic N) is 5. The van der Waals surface area contributed by atoms with Crippen molar-refractivity contribution in [1.29, 1.82) is 0 Å². The Hall–Kier alpha value is -2.74. The van der Waals surface area contributed by atoms with Crippen LogP contribution in [0, 0.1) is 12.7 Å². The van der Waals surface area contributed by atoms with Gasteiger partial charge >= 0.3 is 0 Å². The first-order valence-corrected chi connectivity index (χ1v) is 7.96. The number of hydrogen-bond acceptors (Lipinski definition) is 4. The third-order valence-corrected chi connectivity index (χ3v) is 4.01. The van der Waals surface area contributed by atoms with Crippen molar-refractivity contribution < 1.29 is 9.18 Å². The highest BCUT2D eigenvalue weighted by Gasteiger charge is 2.17. The molecule has 9 heteroatoms. The Bertz CT molecular complexity index is 885. The standard InChI is InChI=1S/C16H16ClFN6O/c1-10-6-20-24(7-10)11(2)15(25)21-16-19-9-23(22-16)8-12-13(17)4-3-5-14(12)18/h3-7,9,11H,8H2,1-2H3,(H,21,22,25). The van der Waals surface area contributed by atoms with E-state index in [0.29, 0.717) is 10.6 Å². The third kappa shape index (κ3) is 3.85. The number of nitrogens with one attached hydrogen (secondary N) is 1. The van der Waals surface area contributed by atoms with E-state index in [-0.39, 0.29) is 18.4 Å². The van der Waals surface area contributed by atoms with Crippen LogP contribution < -0.4 is 5.32 Å². The molecule has 2 aromatic heterocycles. The minimum Gasteiger partial charge on any atom is -0.291 e. The summed E-state index contributed by atoms with van der Waals surface area (Å²) in [6.45, 7) is 3.73. The van der Waals surface area contributed by atoms with Gasteiger partial charge in [-0.05, 0) is 31.5 Å². The van der Waals surface area contributed by atoms with E-state index in [2.05, 4.69) is 20.5 Å². The lowest BCUT2D eigenvalue weighted by molar-refractivity contribution is -0.119. The average Bonchev–Trinajstić information content (AvgIpc) is 3.19. The molecule has 0 saturated heterocycles. The van der Waals surface area contributed by atoms with Crippen LogP contribution in [0.1, 0.15) is 24.1 Å². The number of benzene rings is 1. The van der Waals surface area contributed by atoms with Gasteiger partial charge in [0, 0.05) is 16.8 Å². The van der Waals surface area contributed by atoms with Crippen molar-refractivity contribution in [3.63, 3.8) is 0 Å². The van der Waals surface area contributed by atoms with Gasteiger partial charge in [0.15, 0.2) is 0 Å². The summed E-state index contributed by atoms with van der Waals surface area (Å²) in [6.07, 6.45) is 4.85. The number of anilines is 1. The van der Waals surface area contributed by atoms with E-state index in [9.17, 15) is 9.18 Å². The molecule has 1 aromatic carbocycles. The van der Waals surface area contributed by atoms with Gasteiger partial charge in [0.1, 0.15) is 18.2 Å². The number of amides is 1. The van der Waals surface area contributed by atoms with Crippen molar-refractivity contribution in [3.05, 3.63) is 58.9 Å². The van der Waals surface area contributed by atoms with Crippen molar-refractivity contribution in [2.45, 2.75) is 26.4 Å². The predicted molar refractivity (Wildman–Crippen MR) is 90.8 cm³/mol. The van der Waals surface area contributed by atoms with Gasteiger partial charge in [0.25, 0.3) is 5.91 Å². The van der Waals surface area contributed by atoms with Crippen LogP contribution in [0.3, 0.4) is 0 Å². The Morgan fingerprint density at radius 1 is 1.44 bits per heavy atom. The lowest BCUT2D eigenvalue weighted by atomic mass is 10.2. The summed E-state index contributed by atoms with van der Waals surface area (Å²) in [4.78, 5) is 16.3. The topological polar surface area (TPSA) is 77.6 Å². The van der Waals surface area contributed by atoms with Crippen LogP contribution >= 0.6 is 11.6 Å². The van der Waals surface area contributed by atoms with Crippen molar-refractivity contribution in [2.24, 2.45) is 0 Å². The Morgan fingerprint density at radius 3 is 2.92 bits per heavy atom. The SMILES string of the molecule is Cc1cnn(C(C)C(=O)Nc2ncn(Cc3c(F)cccc3Cl)n2)c1. The summed E-state index contributed by atoms with van der Waals surface area (Å²) in [5.74, 6) is -0.589. The molecule has 7 nitrogen and oxygen atoms in total. The van der Waals surface area contributed by atoms with Crippen molar-refractivity contribution in [3.8, 4) is 0 Å². The van der Waals surface area contributed by atoms with Gasteiger partial charge in [-0.15, -0.1) is 5.10 Å². The van der Waals surface area contributed by atoms with Crippen LogP contribution in [0.15, 0.2) is 36.9 Å². The van der Waals surface area contributed by atoms with Crippen LogP contribution in [-0.2, 0) is 11.3 Å². The van der Waals surface area contributed by atoms with Crippen LogP contribution in [-0.4, -0.2) is 30.5 Å². The molecular weight excluding hydrogens is 347 g/mol. The van der Waals surface area contributed by atoms with Gasteiger partial charge in [-0.2, -0.15) is 5.10 Å². The van der Waals surface area contributed by atoms with E-state index in [1.807, 2.05) is 6.92 Å². The maximum absolute atomic E-state index is 13.8. The van der Waals surface area contributed by atoms with Crippen LogP contribution in [0.5, 0.6) is 0 Å². The highest BCUT2D eigenvalue weighted by Crippen LogP contribution is 2.20. The highest BCUT2D eigenvalue weighted by molar-refractivity contribution is 6.31. The molecule has 1 unspecified atom stereocenters. The molecule has 0 fully saturated rings. The second-order valence-corrected chi connectivity index (χ2v) is 6.04. The van der Waals surface area contributed by atoms with Crippen LogP contribution in [0.25, 0.3) is 0 Å². The smallest absolute Gasteiger partial charge is 0.251 e. The summed E-state index contributed by atoms with van der Waals surface area (Å²) in [5, 5.41) is 11.2. The molecule has 3 aromatic rings. The van der Waals surface area contributed by atoms with Crippen molar-refractivity contribution in [2.75, 3.05) is 5.32 Å². The molecule has 0 radical (unpaired) electrons. The first-order chi connectivity index (χ1) is 11.9. The second kappa shape index (κ2) is 7.02. The van der Waals surface area contributed by atoms with Gasteiger partial charge in [0.2, 0.25) is 5.95 Å². The van der Waals surface area contributed by atoms with E-state index in [1.54, 1.807) is 30.1 Å². The monoisotopic (exact) mass is 362 g/mol. The third-order valence-electron chi connectivity index (χ3n) is 3.66. The first-order valence-electron chi connectivity index (χ1n) is 7.58. The minimum absolute atomic E-state index is 0.113. The minimum atomic E-state index is -0.512. The Morgan fingerprint density at radius 2 is 2.24 bits per heavy atom. The highest BCUT2D eigenvalue weighted by atomic mass is 35.5. The summed E-state index contributed by atoms with van der Waals surface area (Å²) < 4.78 is 16.8. The fraction of sp³-hybridized carbons (Fsp3) is 0.250. The molecule has 1 atom stereocenters. The normalized spacial score (nSPS) is 12.2. The number of halogens is 2.